The average Bonchev–Trinajstić information content (AvgIpc) is 2.72. The number of carbonyl (C=O) groups excluding carboxylic acids is 2. The van der Waals surface area contributed by atoms with Crippen LogP contribution in [0.15, 0.2) is 42.7 Å². The van der Waals surface area contributed by atoms with E-state index in [-0.39, 0.29) is 0 Å². The zero-order valence-electron chi connectivity index (χ0n) is 16.0. The highest BCUT2D eigenvalue weighted by molar-refractivity contribution is 6.00. The highest BCUT2D eigenvalue weighted by Gasteiger charge is 2.66. The summed E-state index contributed by atoms with van der Waals surface area (Å²) in [4.78, 5) is 38.9. The van der Waals surface area contributed by atoms with Crippen LogP contribution >= 0.6 is 0 Å². The Morgan fingerprint density at radius 3 is 2.55 bits per heavy atom. The maximum Gasteiger partial charge on any atom is 0.437 e. The number of alkyl halides is 5. The fraction of sp³-hybridized carbons (Fsp3) is 0.278. The number of urea groups is 1. The fourth-order valence-electron chi connectivity index (χ4n) is 3.38. The molecule has 1 saturated heterocycles. The van der Waals surface area contributed by atoms with Crippen LogP contribution in [0.1, 0.15) is 22.0 Å². The molecule has 10 nitrogen and oxygen atoms in total. The monoisotopic (exact) mass is 476 g/mol. The first kappa shape index (κ1) is 23.8. The van der Waals surface area contributed by atoms with Crippen LogP contribution in [0, 0.1) is 16.0 Å². The van der Waals surface area contributed by atoms with Crippen LogP contribution in [0.25, 0.3) is 0 Å². The summed E-state index contributed by atoms with van der Waals surface area (Å²) in [5.74, 6) is -4.87. The molecule has 0 aliphatic carbocycles. The van der Waals surface area contributed by atoms with Gasteiger partial charge in [-0.15, -0.1) is 0 Å². The number of nitro groups is 1. The number of halogens is 5. The molecule has 0 bridgehead atoms. The number of benzene rings is 1. The summed E-state index contributed by atoms with van der Waals surface area (Å²) in [5.41, 5.74) is -6.12. The molecule has 3 N–H and O–H groups in total. The number of nitrogens with zero attached hydrogens (tertiary/aromatic N) is 2. The Bertz CT molecular complexity index is 1080. The molecule has 1 aliphatic rings. The zero-order chi connectivity index (χ0) is 24.6. The van der Waals surface area contributed by atoms with Gasteiger partial charge in [-0.25, -0.2) is 4.79 Å². The Morgan fingerprint density at radius 1 is 1.30 bits per heavy atom. The number of rotatable bonds is 6. The lowest BCUT2D eigenvalue weighted by atomic mass is 9.77. The van der Waals surface area contributed by atoms with Gasteiger partial charge in [0.05, 0.1) is 11.0 Å². The number of aromatic nitrogens is 1. The third-order valence-corrected chi connectivity index (χ3v) is 4.79. The first-order valence-corrected chi connectivity index (χ1v) is 8.90. The molecule has 15 heteroatoms. The second-order valence-corrected chi connectivity index (χ2v) is 6.78. The predicted molar refractivity (Wildman–Crippen MR) is 97.2 cm³/mol. The predicted octanol–water partition coefficient (Wildman–Crippen LogP) is 2.70. The lowest BCUT2D eigenvalue weighted by molar-refractivity contribution is -0.385. The van der Waals surface area contributed by atoms with Crippen molar-refractivity contribution >= 4 is 17.5 Å². The quantitative estimate of drug-likeness (QED) is 0.252. The number of Topliss-reactive ketones (excluding diaryl/α,β-unsaturated/α-hetero) is 1. The van der Waals surface area contributed by atoms with Crippen molar-refractivity contribution in [3.05, 3.63) is 64.0 Å². The van der Waals surface area contributed by atoms with Gasteiger partial charge in [-0.2, -0.15) is 22.0 Å². The van der Waals surface area contributed by atoms with Crippen molar-refractivity contribution in [3.8, 4) is 5.75 Å². The van der Waals surface area contributed by atoms with Crippen molar-refractivity contribution < 1.29 is 46.3 Å². The van der Waals surface area contributed by atoms with E-state index in [0.29, 0.717) is 12.1 Å². The van der Waals surface area contributed by atoms with Crippen LogP contribution in [0.4, 0.5) is 32.4 Å². The Hall–Kier alpha value is -3.88. The minimum atomic E-state index is -5.63. The minimum absolute atomic E-state index is 0.421. The third-order valence-electron chi connectivity index (χ3n) is 4.79. The number of non-ortho nitro benzene ring substituents is 1. The Balaban J connectivity index is 2.27. The number of nitrogens with one attached hydrogen (secondary N) is 2. The van der Waals surface area contributed by atoms with Gasteiger partial charge >= 0.3 is 18.8 Å². The van der Waals surface area contributed by atoms with E-state index in [2.05, 4.69) is 9.72 Å². The molecule has 1 fully saturated rings. The molecule has 0 unspecified atom stereocenters. The molecular weight excluding hydrogens is 463 g/mol. The lowest BCUT2D eigenvalue weighted by Gasteiger charge is -2.45. The van der Waals surface area contributed by atoms with E-state index in [1.54, 1.807) is 0 Å². The van der Waals surface area contributed by atoms with Crippen molar-refractivity contribution in [1.29, 1.82) is 0 Å². The Morgan fingerprint density at radius 2 is 2.00 bits per heavy atom. The number of ether oxygens (including phenoxy) is 1. The largest absolute Gasteiger partial charge is 0.437 e. The van der Waals surface area contributed by atoms with Crippen molar-refractivity contribution in [2.45, 2.75) is 24.6 Å². The van der Waals surface area contributed by atoms with Crippen LogP contribution in [0.5, 0.6) is 5.75 Å². The molecule has 33 heavy (non-hydrogen) atoms. The standard InChI is InChI=1S/C18H13F5N4O6/c19-15(20)33-11-4-3-9(27(31)32)6-10(11)13-12(14(28)8-2-1-5-24-7-8)17(30,18(21,22)23)26-16(29)25-13/h1-7,12-13,15,30H,(H2,25,26,29)/t12-,13+,17+/m0/s1. The lowest BCUT2D eigenvalue weighted by Crippen LogP contribution is -2.72. The first-order chi connectivity index (χ1) is 15.3. The SMILES string of the molecule is O=C1N[C@H](c2cc([N+](=O)[O-])ccc2OC(F)F)[C@@H](C(=O)c2cccnc2)[C@@](O)(C(F)(F)F)N1. The van der Waals surface area contributed by atoms with Gasteiger partial charge in [-0.05, 0) is 18.2 Å². The van der Waals surface area contributed by atoms with E-state index >= 15 is 0 Å². The van der Waals surface area contributed by atoms with E-state index in [1.807, 2.05) is 5.32 Å². The van der Waals surface area contributed by atoms with Gasteiger partial charge in [0.25, 0.3) is 5.69 Å². The number of hydrogen-bond acceptors (Lipinski definition) is 7. The molecular formula is C18H13F5N4O6. The smallest absolute Gasteiger partial charge is 0.434 e. The summed E-state index contributed by atoms with van der Waals surface area (Å²) < 4.78 is 71.8. The van der Waals surface area contributed by atoms with Gasteiger partial charge in [0.2, 0.25) is 5.72 Å². The molecule has 3 atom stereocenters. The molecule has 3 rings (SSSR count). The van der Waals surface area contributed by atoms with Crippen LogP contribution in [-0.4, -0.2) is 45.3 Å². The second-order valence-electron chi connectivity index (χ2n) is 6.78. The van der Waals surface area contributed by atoms with E-state index in [0.717, 1.165) is 18.3 Å². The number of pyridine rings is 1. The zero-order valence-corrected chi connectivity index (χ0v) is 16.0. The van der Waals surface area contributed by atoms with Crippen molar-refractivity contribution in [1.82, 2.24) is 15.6 Å². The number of carbonyl (C=O) groups is 2. The topological polar surface area (TPSA) is 144 Å². The van der Waals surface area contributed by atoms with Gasteiger partial charge in [0.15, 0.2) is 5.78 Å². The molecule has 2 heterocycles. The van der Waals surface area contributed by atoms with E-state index < -0.39 is 69.8 Å². The van der Waals surface area contributed by atoms with Crippen LogP contribution in [0.2, 0.25) is 0 Å². The molecule has 2 amide bonds. The average molecular weight is 476 g/mol. The van der Waals surface area contributed by atoms with Gasteiger partial charge in [0.1, 0.15) is 11.7 Å². The first-order valence-electron chi connectivity index (χ1n) is 8.90. The number of ketones is 1. The normalized spacial score (nSPS) is 22.9. The third kappa shape index (κ3) is 4.52. The highest BCUT2D eigenvalue weighted by Crippen LogP contribution is 2.46. The summed E-state index contributed by atoms with van der Waals surface area (Å²) in [5, 5.41) is 24.9. The maximum atomic E-state index is 13.9. The molecule has 0 spiro atoms. The number of hydrogen-bond donors (Lipinski definition) is 3. The molecule has 2 aromatic rings. The van der Waals surface area contributed by atoms with E-state index in [9.17, 15) is 46.8 Å². The highest BCUT2D eigenvalue weighted by atomic mass is 19.4. The fourth-order valence-corrected chi connectivity index (χ4v) is 3.38. The molecule has 0 radical (unpaired) electrons. The number of aliphatic hydroxyl groups is 1. The molecule has 1 aromatic carbocycles. The number of nitro benzene ring substituents is 1. The summed E-state index contributed by atoms with van der Waals surface area (Å²) in [6, 6.07) is 0.459. The van der Waals surface area contributed by atoms with E-state index in [4.69, 9.17) is 0 Å². The minimum Gasteiger partial charge on any atom is -0.434 e. The molecule has 1 aliphatic heterocycles. The second kappa shape index (κ2) is 8.57. The van der Waals surface area contributed by atoms with Gasteiger partial charge in [-0.3, -0.25) is 19.9 Å². The van der Waals surface area contributed by atoms with Crippen LogP contribution in [-0.2, 0) is 0 Å². The van der Waals surface area contributed by atoms with Crippen LogP contribution < -0.4 is 15.4 Å². The summed E-state index contributed by atoms with van der Waals surface area (Å²) in [6.45, 7) is -3.50. The van der Waals surface area contributed by atoms with Gasteiger partial charge in [-0.1, -0.05) is 0 Å². The Labute approximate surface area is 180 Å². The van der Waals surface area contributed by atoms with Crippen LogP contribution in [0.3, 0.4) is 0 Å². The summed E-state index contributed by atoms with van der Waals surface area (Å²) in [6.07, 6.45) is -3.53. The van der Waals surface area contributed by atoms with Crippen molar-refractivity contribution in [2.24, 2.45) is 5.92 Å². The van der Waals surface area contributed by atoms with E-state index in [1.165, 1.54) is 17.6 Å². The molecule has 176 valence electrons. The van der Waals surface area contributed by atoms with Gasteiger partial charge in [0, 0.05) is 35.7 Å². The van der Waals surface area contributed by atoms with Crippen molar-refractivity contribution in [2.75, 3.05) is 0 Å². The Kier molecular flexibility index (Phi) is 6.18. The molecule has 0 saturated carbocycles. The maximum absolute atomic E-state index is 13.9. The van der Waals surface area contributed by atoms with Crippen molar-refractivity contribution in [3.63, 3.8) is 0 Å². The summed E-state index contributed by atoms with van der Waals surface area (Å²) >= 11 is 0. The number of amides is 2. The molecule has 1 aromatic heterocycles. The summed E-state index contributed by atoms with van der Waals surface area (Å²) in [7, 11) is 0. The van der Waals surface area contributed by atoms with Gasteiger partial charge < -0.3 is 20.5 Å².